The molecule has 1 saturated heterocycles. The lowest BCUT2D eigenvalue weighted by Gasteiger charge is -2.31. The molecule has 120 valence electrons. The molecular formula is C15H29ClO4. The first-order valence-electron chi connectivity index (χ1n) is 7.84. The van der Waals surface area contributed by atoms with E-state index in [1.807, 2.05) is 0 Å². The Morgan fingerprint density at radius 3 is 2.35 bits per heavy atom. The molecule has 0 amide bonds. The summed E-state index contributed by atoms with van der Waals surface area (Å²) >= 11 is 5.83. The van der Waals surface area contributed by atoms with E-state index in [1.54, 1.807) is 0 Å². The van der Waals surface area contributed by atoms with E-state index in [-0.39, 0.29) is 6.42 Å². The average molecular weight is 309 g/mol. The topological polar surface area (TPSA) is 69.9 Å². The quantitative estimate of drug-likeness (QED) is 0.452. The maximum Gasteiger partial charge on any atom is 0.249 e. The van der Waals surface area contributed by atoms with Gasteiger partial charge in [0.15, 0.2) is 0 Å². The first kappa shape index (κ1) is 18.2. The Hall–Kier alpha value is 0.130. The van der Waals surface area contributed by atoms with Gasteiger partial charge in [-0.05, 0) is 12.8 Å². The molecule has 0 radical (unpaired) electrons. The van der Waals surface area contributed by atoms with E-state index in [4.69, 9.17) is 16.3 Å². The summed E-state index contributed by atoms with van der Waals surface area (Å²) in [4.78, 5) is 0. The van der Waals surface area contributed by atoms with E-state index < -0.39 is 23.1 Å². The number of rotatable bonds is 9. The molecule has 4 nitrogen and oxygen atoms in total. The smallest absolute Gasteiger partial charge is 0.249 e. The predicted octanol–water partition coefficient (Wildman–Crippen LogP) is 2.91. The maximum atomic E-state index is 10.7. The van der Waals surface area contributed by atoms with Crippen LogP contribution in [0.3, 0.4) is 0 Å². The number of ether oxygens (including phenoxy) is 1. The molecule has 1 aliphatic rings. The third-order valence-corrected chi connectivity index (χ3v) is 4.25. The summed E-state index contributed by atoms with van der Waals surface area (Å²) in [7, 11) is 0. The summed E-state index contributed by atoms with van der Waals surface area (Å²) < 4.78 is 5.31. The van der Waals surface area contributed by atoms with Gasteiger partial charge >= 0.3 is 0 Å². The monoisotopic (exact) mass is 308 g/mol. The van der Waals surface area contributed by atoms with Gasteiger partial charge in [-0.15, -0.1) is 0 Å². The second kappa shape index (κ2) is 7.95. The van der Waals surface area contributed by atoms with Crippen molar-refractivity contribution in [2.24, 2.45) is 0 Å². The van der Waals surface area contributed by atoms with Crippen molar-refractivity contribution in [1.82, 2.24) is 0 Å². The van der Waals surface area contributed by atoms with Gasteiger partial charge in [-0.2, -0.15) is 0 Å². The summed E-state index contributed by atoms with van der Waals surface area (Å²) in [5, 5.41) is 28.9. The fourth-order valence-electron chi connectivity index (χ4n) is 2.93. The second-order valence-electron chi connectivity index (χ2n) is 6.03. The molecule has 0 aliphatic carbocycles. The number of hydrogen-bond donors (Lipinski definition) is 3. The maximum absolute atomic E-state index is 10.7. The van der Waals surface area contributed by atoms with E-state index in [1.165, 1.54) is 0 Å². The van der Waals surface area contributed by atoms with Gasteiger partial charge in [-0.1, -0.05) is 64.0 Å². The van der Waals surface area contributed by atoms with E-state index in [9.17, 15) is 15.3 Å². The minimum Gasteiger partial charge on any atom is -0.390 e. The molecule has 1 unspecified atom stereocenters. The van der Waals surface area contributed by atoms with Gasteiger partial charge in [0.1, 0.15) is 6.10 Å². The molecule has 0 bridgehead atoms. The van der Waals surface area contributed by atoms with Crippen LogP contribution in [0.2, 0.25) is 0 Å². The predicted molar refractivity (Wildman–Crippen MR) is 79.5 cm³/mol. The van der Waals surface area contributed by atoms with Crippen LogP contribution in [0.1, 0.15) is 71.6 Å². The van der Waals surface area contributed by atoms with E-state index in [0.29, 0.717) is 12.8 Å². The molecule has 0 saturated carbocycles. The zero-order valence-electron chi connectivity index (χ0n) is 12.6. The van der Waals surface area contributed by atoms with Crippen molar-refractivity contribution in [3.05, 3.63) is 0 Å². The van der Waals surface area contributed by atoms with Crippen LogP contribution >= 0.6 is 11.6 Å². The first-order chi connectivity index (χ1) is 9.34. The van der Waals surface area contributed by atoms with Crippen molar-refractivity contribution in [1.29, 1.82) is 0 Å². The minimum atomic E-state index is -1.86. The molecule has 1 aliphatic heterocycles. The van der Waals surface area contributed by atoms with Crippen LogP contribution in [-0.4, -0.2) is 38.4 Å². The Morgan fingerprint density at radius 1 is 1.15 bits per heavy atom. The van der Waals surface area contributed by atoms with Gasteiger partial charge in [0.25, 0.3) is 0 Å². The zero-order valence-corrected chi connectivity index (χ0v) is 13.4. The average Bonchev–Trinajstić information content (AvgIpc) is 2.60. The fourth-order valence-corrected chi connectivity index (χ4v) is 3.25. The van der Waals surface area contributed by atoms with Gasteiger partial charge in [-0.25, -0.2) is 0 Å². The van der Waals surface area contributed by atoms with Crippen molar-refractivity contribution < 1.29 is 20.1 Å². The highest BCUT2D eigenvalue weighted by molar-refractivity contribution is 6.21. The Morgan fingerprint density at radius 2 is 1.75 bits per heavy atom. The number of alkyl halides is 1. The molecule has 4 atom stereocenters. The molecule has 0 aromatic rings. The molecule has 0 spiro atoms. The Labute approximate surface area is 127 Å². The number of halogens is 1. The summed E-state index contributed by atoms with van der Waals surface area (Å²) in [6, 6.07) is 0. The molecule has 0 aromatic heterocycles. The van der Waals surface area contributed by atoms with Crippen LogP contribution < -0.4 is 0 Å². The Balaban J connectivity index is 2.63. The van der Waals surface area contributed by atoms with Gasteiger partial charge in [-0.3, -0.25) is 0 Å². The first-order valence-corrected chi connectivity index (χ1v) is 8.22. The van der Waals surface area contributed by atoms with Crippen LogP contribution in [0.4, 0.5) is 0 Å². The van der Waals surface area contributed by atoms with E-state index in [2.05, 4.69) is 13.8 Å². The molecular weight excluding hydrogens is 280 g/mol. The van der Waals surface area contributed by atoms with Crippen molar-refractivity contribution in [2.45, 2.75) is 94.7 Å². The van der Waals surface area contributed by atoms with Gasteiger partial charge in [0.2, 0.25) is 5.25 Å². The largest absolute Gasteiger partial charge is 0.390 e. The molecule has 1 heterocycles. The number of unbranched alkanes of at least 4 members (excludes halogenated alkanes) is 4. The van der Waals surface area contributed by atoms with Gasteiger partial charge < -0.3 is 20.1 Å². The summed E-state index contributed by atoms with van der Waals surface area (Å²) in [6.45, 7) is 4.18. The Kier molecular flexibility index (Phi) is 7.22. The molecule has 1 fully saturated rings. The van der Waals surface area contributed by atoms with Crippen LogP contribution in [-0.2, 0) is 4.74 Å². The van der Waals surface area contributed by atoms with Gasteiger partial charge in [0, 0.05) is 6.42 Å². The third-order valence-electron chi connectivity index (χ3n) is 4.03. The number of hydrogen-bond acceptors (Lipinski definition) is 4. The zero-order chi connectivity index (χ0) is 15.2. The summed E-state index contributed by atoms with van der Waals surface area (Å²) in [5.74, 6) is 0. The fraction of sp³-hybridized carbons (Fsp3) is 1.00. The van der Waals surface area contributed by atoms with Crippen LogP contribution in [0.15, 0.2) is 0 Å². The van der Waals surface area contributed by atoms with E-state index >= 15 is 0 Å². The normalized spacial score (nSPS) is 35.4. The SMILES string of the molecule is CCCCCC(O)[C@H]1O[C@@](O)(Cl)C[C@@]1(O)CCCCC. The Bertz CT molecular complexity index is 285. The van der Waals surface area contributed by atoms with Crippen LogP contribution in [0, 0.1) is 0 Å². The highest BCUT2D eigenvalue weighted by atomic mass is 35.5. The lowest BCUT2D eigenvalue weighted by atomic mass is 9.85. The summed E-state index contributed by atoms with van der Waals surface area (Å²) in [5.41, 5.74) is -1.24. The minimum absolute atomic E-state index is 0.0548. The van der Waals surface area contributed by atoms with Gasteiger partial charge in [0.05, 0.1) is 11.7 Å². The highest BCUT2D eigenvalue weighted by Gasteiger charge is 2.55. The lowest BCUT2D eigenvalue weighted by molar-refractivity contribution is -0.168. The molecule has 20 heavy (non-hydrogen) atoms. The van der Waals surface area contributed by atoms with Crippen molar-refractivity contribution in [3.63, 3.8) is 0 Å². The second-order valence-corrected chi connectivity index (χ2v) is 6.62. The van der Waals surface area contributed by atoms with Crippen LogP contribution in [0.25, 0.3) is 0 Å². The molecule has 3 N–H and O–H groups in total. The molecule has 5 heteroatoms. The highest BCUT2D eigenvalue weighted by Crippen LogP contribution is 2.44. The van der Waals surface area contributed by atoms with E-state index in [0.717, 1.165) is 38.5 Å². The number of aliphatic hydroxyl groups is 3. The van der Waals surface area contributed by atoms with Crippen LogP contribution in [0.5, 0.6) is 0 Å². The standard InChI is InChI=1S/C15H29ClO4/c1-3-5-7-9-12(17)13-14(18,10-8-6-4-2)11-15(16,19)20-13/h12-13,17-19H,3-11H2,1-2H3/t12?,13-,14+,15-/m1/s1. The summed E-state index contributed by atoms with van der Waals surface area (Å²) in [6.07, 6.45) is 5.26. The van der Waals surface area contributed by atoms with Crippen molar-refractivity contribution in [2.75, 3.05) is 0 Å². The number of aliphatic hydroxyl groups excluding tert-OH is 1. The lowest BCUT2D eigenvalue weighted by Crippen LogP contribution is -2.45. The molecule has 1 rings (SSSR count). The van der Waals surface area contributed by atoms with Crippen molar-refractivity contribution in [3.8, 4) is 0 Å². The molecule has 0 aromatic carbocycles. The third kappa shape index (κ3) is 5.15. The van der Waals surface area contributed by atoms with Crippen molar-refractivity contribution >= 4 is 11.6 Å².